The monoisotopic (exact) mass is 575 g/mol. The highest BCUT2D eigenvalue weighted by Crippen LogP contribution is 2.47. The van der Waals surface area contributed by atoms with Gasteiger partial charge in [-0.25, -0.2) is 9.37 Å². The summed E-state index contributed by atoms with van der Waals surface area (Å²) in [6.07, 6.45) is -8.10. The van der Waals surface area contributed by atoms with Crippen LogP contribution in [0.4, 0.5) is 17.6 Å². The van der Waals surface area contributed by atoms with Gasteiger partial charge in [-0.2, -0.15) is 13.2 Å². The van der Waals surface area contributed by atoms with Crippen LogP contribution in [0.1, 0.15) is 60.0 Å². The summed E-state index contributed by atoms with van der Waals surface area (Å²) in [4.78, 5) is 43.5. The molecule has 1 amide bonds. The van der Waals surface area contributed by atoms with Gasteiger partial charge in [-0.1, -0.05) is 6.92 Å². The normalized spacial score (nSPS) is 21.8. The summed E-state index contributed by atoms with van der Waals surface area (Å²) in [6.45, 7) is 1.57. The molecule has 1 aliphatic heterocycles. The van der Waals surface area contributed by atoms with Crippen molar-refractivity contribution >= 4 is 22.6 Å². The van der Waals surface area contributed by atoms with Gasteiger partial charge in [-0.15, -0.1) is 0 Å². The molecular weight excluding hydrogens is 550 g/mol. The number of halogens is 4. The van der Waals surface area contributed by atoms with E-state index >= 15 is 4.39 Å². The number of pyridine rings is 2. The van der Waals surface area contributed by atoms with E-state index in [9.17, 15) is 37.8 Å². The number of amides is 1. The van der Waals surface area contributed by atoms with Crippen molar-refractivity contribution < 1.29 is 42.1 Å². The molecule has 0 bridgehead atoms. The average Bonchev–Trinajstić information content (AvgIpc) is 3.29. The van der Waals surface area contributed by atoms with E-state index < -0.39 is 47.0 Å². The number of Topliss-reactive ketones (excluding diaryl/α,β-unsaturated/α-hetero) is 1. The smallest absolute Gasteiger partial charge is 0.423 e. The summed E-state index contributed by atoms with van der Waals surface area (Å²) in [5, 5.41) is 23.5. The second-order valence-corrected chi connectivity index (χ2v) is 10.6. The Morgan fingerprint density at radius 2 is 1.95 bits per heavy atom. The second kappa shape index (κ2) is 9.08. The molecule has 41 heavy (non-hydrogen) atoms. The fourth-order valence-electron chi connectivity index (χ4n) is 6.51. The molecule has 6 rings (SSSR count). The van der Waals surface area contributed by atoms with Crippen molar-refractivity contribution in [1.29, 1.82) is 0 Å². The number of rotatable bonds is 4. The average molecular weight is 576 g/mol. The number of aliphatic hydroxyl groups excluding tert-OH is 1. The zero-order valence-corrected chi connectivity index (χ0v) is 22.0. The number of hydrogen-bond acceptors (Lipinski definition) is 7. The number of aryl methyl sites for hydroxylation is 1. The van der Waals surface area contributed by atoms with Gasteiger partial charge in [-0.3, -0.25) is 14.4 Å². The van der Waals surface area contributed by atoms with E-state index in [1.54, 1.807) is 6.92 Å². The Morgan fingerprint density at radius 3 is 2.61 bits per heavy atom. The Balaban J connectivity index is 1.61. The number of carbonyl (C=O) groups is 2. The van der Waals surface area contributed by atoms with Crippen LogP contribution in [0.3, 0.4) is 0 Å². The molecule has 3 heterocycles. The van der Waals surface area contributed by atoms with Crippen molar-refractivity contribution in [3.8, 4) is 17.1 Å². The van der Waals surface area contributed by atoms with Crippen LogP contribution in [0.15, 0.2) is 16.9 Å². The number of fused-ring (bicyclic) bond motifs is 5. The quantitative estimate of drug-likeness (QED) is 0.319. The van der Waals surface area contributed by atoms with Gasteiger partial charge in [0.1, 0.15) is 5.60 Å². The molecule has 0 saturated carbocycles. The lowest BCUT2D eigenvalue weighted by Crippen LogP contribution is -2.45. The van der Waals surface area contributed by atoms with Crippen molar-refractivity contribution in [2.75, 3.05) is 7.11 Å². The van der Waals surface area contributed by atoms with E-state index in [2.05, 4.69) is 10.3 Å². The summed E-state index contributed by atoms with van der Waals surface area (Å²) in [7, 11) is 1.28. The molecule has 3 aliphatic rings. The second-order valence-electron chi connectivity index (χ2n) is 10.6. The molecule has 0 fully saturated rings. The Bertz CT molecular complexity index is 1730. The van der Waals surface area contributed by atoms with Crippen LogP contribution < -0.4 is 15.6 Å². The van der Waals surface area contributed by atoms with E-state index in [-0.39, 0.29) is 72.4 Å². The first kappa shape index (κ1) is 27.3. The fourth-order valence-corrected chi connectivity index (χ4v) is 6.51. The van der Waals surface area contributed by atoms with Crippen LogP contribution in [0.5, 0.6) is 5.75 Å². The maximum Gasteiger partial charge on any atom is 0.423 e. The van der Waals surface area contributed by atoms with Crippen molar-refractivity contribution in [2.45, 2.75) is 69.5 Å². The maximum atomic E-state index is 15.1. The lowest BCUT2D eigenvalue weighted by Gasteiger charge is -2.32. The first-order valence-electron chi connectivity index (χ1n) is 13.1. The van der Waals surface area contributed by atoms with Crippen LogP contribution in [0, 0.1) is 5.82 Å². The highest BCUT2D eigenvalue weighted by Gasteiger charge is 2.46. The molecule has 13 heteroatoms. The largest absolute Gasteiger partial charge is 0.493 e. The fraction of sp³-hybridized carbons (Fsp3) is 0.429. The molecule has 3 aromatic rings. The minimum atomic E-state index is -5.19. The van der Waals surface area contributed by atoms with Gasteiger partial charge in [0.25, 0.3) is 11.5 Å². The number of carbonyl (C=O) groups excluding carboxylic acids is 2. The molecule has 9 nitrogen and oxygen atoms in total. The number of alkyl halides is 3. The Hall–Kier alpha value is -3.84. The first-order valence-corrected chi connectivity index (χ1v) is 13.1. The lowest BCUT2D eigenvalue weighted by atomic mass is 9.77. The van der Waals surface area contributed by atoms with Crippen molar-refractivity contribution in [3.05, 3.63) is 56.1 Å². The number of aliphatic hydroxyl groups is 2. The zero-order chi connectivity index (χ0) is 29.6. The number of nitrogens with one attached hydrogen (secondary N) is 1. The van der Waals surface area contributed by atoms with Crippen LogP contribution in [0.2, 0.25) is 0 Å². The molecule has 216 valence electrons. The summed E-state index contributed by atoms with van der Waals surface area (Å²) >= 11 is 0. The van der Waals surface area contributed by atoms with E-state index in [1.807, 2.05) is 0 Å². The van der Waals surface area contributed by atoms with E-state index in [1.165, 1.54) is 17.7 Å². The van der Waals surface area contributed by atoms with E-state index in [0.29, 0.717) is 22.1 Å². The number of ketones is 1. The van der Waals surface area contributed by atoms with Gasteiger partial charge >= 0.3 is 6.18 Å². The molecule has 2 aromatic heterocycles. The molecule has 0 saturated heterocycles. The van der Waals surface area contributed by atoms with Crippen LogP contribution in [-0.4, -0.2) is 50.8 Å². The number of methoxy groups -OCH3 is 1. The molecule has 1 aromatic carbocycles. The number of benzene rings is 1. The van der Waals surface area contributed by atoms with Gasteiger partial charge in [0.15, 0.2) is 17.3 Å². The van der Waals surface area contributed by atoms with Crippen molar-refractivity contribution in [1.82, 2.24) is 14.9 Å². The Kier molecular flexibility index (Phi) is 6.05. The van der Waals surface area contributed by atoms with Crippen LogP contribution in [0.25, 0.3) is 22.3 Å². The third-order valence-electron chi connectivity index (χ3n) is 8.52. The van der Waals surface area contributed by atoms with Gasteiger partial charge in [-0.05, 0) is 37.3 Å². The Labute approximate surface area is 229 Å². The van der Waals surface area contributed by atoms with Gasteiger partial charge < -0.3 is 24.8 Å². The van der Waals surface area contributed by atoms with E-state index in [0.717, 1.165) is 6.07 Å². The van der Waals surface area contributed by atoms with Crippen LogP contribution in [-0.2, 0) is 34.6 Å². The predicted octanol–water partition coefficient (Wildman–Crippen LogP) is 2.71. The predicted molar refractivity (Wildman–Crippen MR) is 136 cm³/mol. The highest BCUT2D eigenvalue weighted by molar-refractivity contribution is 5.95. The van der Waals surface area contributed by atoms with Crippen LogP contribution >= 0.6 is 0 Å². The molecule has 2 unspecified atom stereocenters. The molecular formula is C28H25F4N3O6. The summed E-state index contributed by atoms with van der Waals surface area (Å²) in [6, 6.07) is 1.61. The minimum absolute atomic E-state index is 0.00959. The topological polar surface area (TPSA) is 131 Å². The number of hydrogen-bond donors (Lipinski definition) is 3. The molecule has 3 atom stereocenters. The standard InChI is InChI=1S/C28H25F4N3O6/c1-3-27(40)14-8-18-22-13(10-35(18)26(39)11(14)5-7-19(27)36)21-16(34-25(38)24(37)28(30,31)32)6-4-12-20(21)17(33-22)9-15(29)23(12)41-2/h8-9,16,24,37,40H,3-7,10H2,1-2H3,(H,34,38)/t16?,24?,27-/m0/s1. The summed E-state index contributed by atoms with van der Waals surface area (Å²) in [5.41, 5.74) is -0.0624. The van der Waals surface area contributed by atoms with Crippen molar-refractivity contribution in [2.24, 2.45) is 0 Å². The third kappa shape index (κ3) is 3.82. The SMILES string of the molecule is CC[C@@]1(O)C(=O)CCc2c1cc1n(c2=O)Cc2c-1nc1cc(F)c(OC)c3c1c2C(NC(=O)C(O)C(F)(F)F)CC3. The van der Waals surface area contributed by atoms with Crippen molar-refractivity contribution in [3.63, 3.8) is 0 Å². The molecule has 3 N–H and O–H groups in total. The number of ether oxygens (including phenoxy) is 1. The first-order chi connectivity index (χ1) is 19.3. The van der Waals surface area contributed by atoms with Gasteiger partial charge in [0.05, 0.1) is 36.6 Å². The maximum absolute atomic E-state index is 15.1. The molecule has 0 spiro atoms. The zero-order valence-electron chi connectivity index (χ0n) is 22.0. The molecule has 0 radical (unpaired) electrons. The summed E-state index contributed by atoms with van der Waals surface area (Å²) < 4.78 is 61.1. The van der Waals surface area contributed by atoms with Gasteiger partial charge in [0.2, 0.25) is 6.10 Å². The Morgan fingerprint density at radius 1 is 1.22 bits per heavy atom. The number of aromatic nitrogens is 2. The highest BCUT2D eigenvalue weighted by atomic mass is 19.4. The van der Waals surface area contributed by atoms with Gasteiger partial charge in [0, 0.05) is 40.1 Å². The number of nitrogens with zero attached hydrogens (tertiary/aromatic N) is 2. The minimum Gasteiger partial charge on any atom is -0.493 e. The lowest BCUT2D eigenvalue weighted by molar-refractivity contribution is -0.205. The molecule has 2 aliphatic carbocycles. The van der Waals surface area contributed by atoms with E-state index in [4.69, 9.17) is 4.74 Å². The third-order valence-corrected chi connectivity index (χ3v) is 8.52. The summed E-state index contributed by atoms with van der Waals surface area (Å²) in [5.74, 6) is -2.83.